The second-order valence-electron chi connectivity index (χ2n) is 2.96. The third kappa shape index (κ3) is 4.31. The van der Waals surface area contributed by atoms with Gasteiger partial charge in [-0.05, 0) is 19.8 Å². The third-order valence-electron chi connectivity index (χ3n) is 1.93. The van der Waals surface area contributed by atoms with Gasteiger partial charge in [0.15, 0.2) is 0 Å². The van der Waals surface area contributed by atoms with Gasteiger partial charge in [0.05, 0.1) is 5.60 Å². The number of aliphatic hydroxyl groups is 1. The lowest BCUT2D eigenvalue weighted by atomic mass is 9.99. The molecule has 0 saturated carbocycles. The van der Waals surface area contributed by atoms with E-state index in [-0.39, 0.29) is 13.2 Å². The Kier molecular flexibility index (Phi) is 4.85. The van der Waals surface area contributed by atoms with E-state index in [9.17, 15) is 4.79 Å². The molecule has 0 aliphatic rings. The number of hydrogen-bond acceptors (Lipinski definition) is 3. The van der Waals surface area contributed by atoms with Gasteiger partial charge in [-0.15, -0.1) is 0 Å². The molecule has 72 valence electrons. The molecule has 0 aliphatic heterocycles. The summed E-state index contributed by atoms with van der Waals surface area (Å²) in [4.78, 5) is 10.2. The lowest BCUT2D eigenvalue weighted by molar-refractivity contribution is -0.150. The monoisotopic (exact) mass is 176 g/mol. The molecule has 0 rings (SSSR count). The van der Waals surface area contributed by atoms with E-state index < -0.39 is 11.6 Å². The molecule has 4 nitrogen and oxygen atoms in total. The van der Waals surface area contributed by atoms with Crippen molar-refractivity contribution in [2.45, 2.75) is 32.3 Å². The van der Waals surface area contributed by atoms with Gasteiger partial charge >= 0.3 is 5.97 Å². The fraction of sp³-hybridized carbons (Fsp3) is 0.875. The van der Waals surface area contributed by atoms with Gasteiger partial charge in [-0.25, -0.2) is 4.79 Å². The zero-order valence-electron chi connectivity index (χ0n) is 7.54. The maximum absolute atomic E-state index is 10.2. The molecule has 0 aromatic heterocycles. The van der Waals surface area contributed by atoms with Crippen LogP contribution < -0.4 is 0 Å². The van der Waals surface area contributed by atoms with Gasteiger partial charge in [0, 0.05) is 6.61 Å². The molecule has 1 unspecified atom stereocenters. The minimum absolute atomic E-state index is 0.0178. The molecule has 0 bridgehead atoms. The predicted molar refractivity (Wildman–Crippen MR) is 44.0 cm³/mol. The zero-order chi connectivity index (χ0) is 9.61. The van der Waals surface area contributed by atoms with Crippen LogP contribution >= 0.6 is 0 Å². The summed E-state index contributed by atoms with van der Waals surface area (Å²) in [6.07, 6.45) is 1.16. The Bertz CT molecular complexity index is 146. The first-order valence-corrected chi connectivity index (χ1v) is 4.00. The lowest BCUT2D eigenvalue weighted by Gasteiger charge is -2.26. The summed E-state index contributed by atoms with van der Waals surface area (Å²) < 4.78 is 5.12. The largest absolute Gasteiger partial charge is 0.480 e. The molecule has 0 aromatic carbocycles. The van der Waals surface area contributed by atoms with Crippen molar-refractivity contribution in [3.05, 3.63) is 0 Å². The first-order chi connectivity index (χ1) is 5.54. The van der Waals surface area contributed by atoms with Crippen LogP contribution in [0.15, 0.2) is 0 Å². The highest BCUT2D eigenvalue weighted by Gasteiger charge is 2.22. The number of carbonyl (C=O) groups is 1. The highest BCUT2D eigenvalue weighted by molar-refractivity contribution is 5.68. The van der Waals surface area contributed by atoms with Crippen molar-refractivity contribution in [2.24, 2.45) is 0 Å². The van der Waals surface area contributed by atoms with Gasteiger partial charge in [0.2, 0.25) is 0 Å². The van der Waals surface area contributed by atoms with Crippen molar-refractivity contribution in [3.63, 3.8) is 0 Å². The van der Waals surface area contributed by atoms with E-state index in [0.717, 1.165) is 0 Å². The molecular weight excluding hydrogens is 160 g/mol. The Morgan fingerprint density at radius 2 is 2.17 bits per heavy atom. The zero-order valence-corrected chi connectivity index (χ0v) is 7.54. The summed E-state index contributed by atoms with van der Waals surface area (Å²) in [6.45, 7) is 3.41. The van der Waals surface area contributed by atoms with Crippen LogP contribution in [0.2, 0.25) is 0 Å². The van der Waals surface area contributed by atoms with Crippen molar-refractivity contribution in [1.29, 1.82) is 0 Å². The van der Waals surface area contributed by atoms with Gasteiger partial charge < -0.3 is 14.9 Å². The highest BCUT2D eigenvalue weighted by atomic mass is 16.5. The Balaban J connectivity index is 3.86. The first kappa shape index (κ1) is 11.4. The minimum atomic E-state index is -0.979. The van der Waals surface area contributed by atoms with Gasteiger partial charge in [-0.1, -0.05) is 6.92 Å². The SMILES string of the molecule is CCC(C)(CCO)OCC(=O)O. The van der Waals surface area contributed by atoms with Crippen LogP contribution in [0.4, 0.5) is 0 Å². The number of carboxylic acids is 1. The number of ether oxygens (including phenoxy) is 1. The summed E-state index contributed by atoms with van der Waals surface area (Å²) in [5, 5.41) is 17.0. The van der Waals surface area contributed by atoms with Gasteiger partial charge in [-0.2, -0.15) is 0 Å². The van der Waals surface area contributed by atoms with Crippen LogP contribution in [0.25, 0.3) is 0 Å². The Labute approximate surface area is 72.2 Å². The fourth-order valence-corrected chi connectivity index (χ4v) is 0.823. The van der Waals surface area contributed by atoms with Crippen molar-refractivity contribution in [3.8, 4) is 0 Å². The molecule has 0 radical (unpaired) electrons. The minimum Gasteiger partial charge on any atom is -0.480 e. The molecule has 4 heteroatoms. The quantitative estimate of drug-likeness (QED) is 0.623. The Morgan fingerprint density at radius 3 is 2.50 bits per heavy atom. The van der Waals surface area contributed by atoms with Gasteiger partial charge in [-0.3, -0.25) is 0 Å². The van der Waals surface area contributed by atoms with E-state index in [1.54, 1.807) is 6.92 Å². The number of hydrogen-bond donors (Lipinski definition) is 2. The Morgan fingerprint density at radius 1 is 1.58 bits per heavy atom. The summed E-state index contributed by atoms with van der Waals surface area (Å²) in [5.41, 5.74) is -0.507. The van der Waals surface area contributed by atoms with Crippen LogP contribution in [0.1, 0.15) is 26.7 Å². The second-order valence-corrected chi connectivity index (χ2v) is 2.96. The highest BCUT2D eigenvalue weighted by Crippen LogP contribution is 2.18. The fourth-order valence-electron chi connectivity index (χ4n) is 0.823. The van der Waals surface area contributed by atoms with Gasteiger partial charge in [0.1, 0.15) is 6.61 Å². The van der Waals surface area contributed by atoms with Crippen molar-refractivity contribution >= 4 is 5.97 Å². The number of carboxylic acid groups (broad SMARTS) is 1. The molecule has 12 heavy (non-hydrogen) atoms. The standard InChI is InChI=1S/C8H16O4/c1-3-8(2,4-5-9)12-6-7(10)11/h9H,3-6H2,1-2H3,(H,10,11). The molecular formula is C8H16O4. The molecule has 0 amide bonds. The summed E-state index contributed by atoms with van der Waals surface area (Å²) in [5.74, 6) is -0.979. The molecule has 0 saturated heterocycles. The number of aliphatic hydroxyl groups excluding tert-OH is 1. The van der Waals surface area contributed by atoms with E-state index in [4.69, 9.17) is 14.9 Å². The first-order valence-electron chi connectivity index (χ1n) is 4.00. The molecule has 0 fully saturated rings. The average Bonchev–Trinajstić information content (AvgIpc) is 2.02. The van der Waals surface area contributed by atoms with Crippen molar-refractivity contribution in [1.82, 2.24) is 0 Å². The van der Waals surface area contributed by atoms with E-state index in [1.165, 1.54) is 0 Å². The van der Waals surface area contributed by atoms with Crippen LogP contribution in [0.5, 0.6) is 0 Å². The number of aliphatic carboxylic acids is 1. The average molecular weight is 176 g/mol. The van der Waals surface area contributed by atoms with Crippen LogP contribution in [0, 0.1) is 0 Å². The van der Waals surface area contributed by atoms with Gasteiger partial charge in [0.25, 0.3) is 0 Å². The normalized spacial score (nSPS) is 15.6. The van der Waals surface area contributed by atoms with E-state index in [2.05, 4.69) is 0 Å². The smallest absolute Gasteiger partial charge is 0.329 e. The lowest BCUT2D eigenvalue weighted by Crippen LogP contribution is -2.31. The topological polar surface area (TPSA) is 66.8 Å². The van der Waals surface area contributed by atoms with Crippen LogP contribution in [0.3, 0.4) is 0 Å². The van der Waals surface area contributed by atoms with E-state index in [1.807, 2.05) is 6.92 Å². The summed E-state index contributed by atoms with van der Waals surface area (Å²) >= 11 is 0. The molecule has 2 N–H and O–H groups in total. The summed E-state index contributed by atoms with van der Waals surface area (Å²) in [7, 11) is 0. The third-order valence-corrected chi connectivity index (χ3v) is 1.93. The number of rotatable bonds is 6. The molecule has 0 spiro atoms. The predicted octanol–water partition coefficient (Wildman–Crippen LogP) is 0.639. The van der Waals surface area contributed by atoms with Crippen LogP contribution in [-0.2, 0) is 9.53 Å². The molecule has 0 aromatic rings. The van der Waals surface area contributed by atoms with E-state index >= 15 is 0 Å². The molecule has 0 aliphatic carbocycles. The maximum Gasteiger partial charge on any atom is 0.329 e. The molecule has 1 atom stereocenters. The molecule has 0 heterocycles. The van der Waals surface area contributed by atoms with E-state index in [0.29, 0.717) is 12.8 Å². The summed E-state index contributed by atoms with van der Waals surface area (Å²) in [6, 6.07) is 0. The Hall–Kier alpha value is -0.610. The second kappa shape index (κ2) is 5.11. The van der Waals surface area contributed by atoms with Crippen molar-refractivity contribution in [2.75, 3.05) is 13.2 Å². The van der Waals surface area contributed by atoms with Crippen LogP contribution in [-0.4, -0.2) is 35.0 Å². The maximum atomic E-state index is 10.2. The van der Waals surface area contributed by atoms with Crippen molar-refractivity contribution < 1.29 is 19.7 Å².